The van der Waals surface area contributed by atoms with Gasteiger partial charge in [0.1, 0.15) is 11.3 Å². The molecule has 0 radical (unpaired) electrons. The second-order valence-corrected chi connectivity index (χ2v) is 10.8. The van der Waals surface area contributed by atoms with Gasteiger partial charge < -0.3 is 9.72 Å². The summed E-state index contributed by atoms with van der Waals surface area (Å²) >= 11 is 0. The van der Waals surface area contributed by atoms with Crippen LogP contribution in [0.25, 0.3) is 5.65 Å². The maximum Gasteiger partial charge on any atom is 0.280 e. The van der Waals surface area contributed by atoms with Crippen molar-refractivity contribution in [1.82, 2.24) is 29.5 Å². The number of rotatable bonds is 7. The van der Waals surface area contributed by atoms with E-state index in [-0.39, 0.29) is 33.9 Å². The second-order valence-electron chi connectivity index (χ2n) is 8.88. The number of carbonyl (C=O) groups is 1. The summed E-state index contributed by atoms with van der Waals surface area (Å²) in [5.74, 6) is 4.67. The fourth-order valence-electron chi connectivity index (χ4n) is 3.98. The largest absolute Gasteiger partial charge is 0.348 e. The molecule has 5 aromatic rings. The van der Waals surface area contributed by atoms with E-state index in [0.717, 1.165) is 17.3 Å². The number of nitrogens with one attached hydrogen (secondary N) is 1. The van der Waals surface area contributed by atoms with Crippen molar-refractivity contribution < 1.29 is 22.0 Å². The Morgan fingerprint density at radius 3 is 2.62 bits per heavy atom. The summed E-state index contributed by atoms with van der Waals surface area (Å²) in [4.78, 5) is 20.7. The highest BCUT2D eigenvalue weighted by Gasteiger charge is 2.22. The Bertz CT molecular complexity index is 1890. The zero-order valence-electron chi connectivity index (χ0n) is 21.1. The number of halogens is 2. The minimum atomic E-state index is -3.92. The lowest BCUT2D eigenvalue weighted by Crippen LogP contribution is -2.23. The first-order valence-corrected chi connectivity index (χ1v) is 13.6. The van der Waals surface area contributed by atoms with Gasteiger partial charge in [-0.1, -0.05) is 11.8 Å². The predicted molar refractivity (Wildman–Crippen MR) is 142 cm³/mol. The smallest absolute Gasteiger partial charge is 0.280 e. The SMILES string of the molecule is Cn1ccc(CS(=O)(=O)c2ccc(C(=O)NCc3ccn4ccnc4c3)cc2C#Cc2ccnc(C(F)F)c2)n1. The van der Waals surface area contributed by atoms with Crippen LogP contribution in [0.3, 0.4) is 0 Å². The zero-order valence-corrected chi connectivity index (χ0v) is 21.9. The topological polar surface area (TPSA) is 111 Å². The molecule has 0 atom stereocenters. The molecule has 12 heteroatoms. The molecule has 202 valence electrons. The van der Waals surface area contributed by atoms with Crippen molar-refractivity contribution in [3.63, 3.8) is 0 Å². The normalized spacial score (nSPS) is 11.4. The fourth-order valence-corrected chi connectivity index (χ4v) is 5.40. The van der Waals surface area contributed by atoms with E-state index in [9.17, 15) is 22.0 Å². The Morgan fingerprint density at radius 2 is 1.85 bits per heavy atom. The number of benzene rings is 1. The van der Waals surface area contributed by atoms with Gasteiger partial charge in [-0.2, -0.15) is 5.10 Å². The molecule has 0 bridgehead atoms. The van der Waals surface area contributed by atoms with Crippen LogP contribution >= 0.6 is 0 Å². The van der Waals surface area contributed by atoms with E-state index in [1.54, 1.807) is 25.5 Å². The van der Waals surface area contributed by atoms with Gasteiger partial charge in [0.05, 0.1) is 16.3 Å². The molecule has 0 fully saturated rings. The minimum Gasteiger partial charge on any atom is -0.348 e. The fraction of sp³-hybridized carbons (Fsp3) is 0.143. The Morgan fingerprint density at radius 1 is 1.00 bits per heavy atom. The molecular formula is C28H22F2N6O3S. The molecule has 9 nitrogen and oxygen atoms in total. The number of aryl methyl sites for hydroxylation is 1. The molecular weight excluding hydrogens is 538 g/mol. The first kappa shape index (κ1) is 26.7. The molecule has 40 heavy (non-hydrogen) atoms. The molecule has 0 aliphatic heterocycles. The number of alkyl halides is 2. The van der Waals surface area contributed by atoms with E-state index in [2.05, 4.69) is 32.2 Å². The number of pyridine rings is 2. The average molecular weight is 561 g/mol. The Hall–Kier alpha value is -4.89. The van der Waals surface area contributed by atoms with E-state index >= 15 is 0 Å². The standard InChI is InChI=1S/C28H22F2N6O3S/c1-35-11-8-23(34-35)18-40(38,39)25-5-4-22(16-21(25)3-2-19-6-9-31-24(14-19)27(29)30)28(37)33-17-20-7-12-36-13-10-32-26(36)15-20/h4-16,27H,17-18H2,1H3,(H,33,37). The Labute approximate surface area is 228 Å². The van der Waals surface area contributed by atoms with Gasteiger partial charge in [0.2, 0.25) is 0 Å². The van der Waals surface area contributed by atoms with Crippen LogP contribution in [-0.2, 0) is 29.2 Å². The highest BCUT2D eigenvalue weighted by Crippen LogP contribution is 2.22. The van der Waals surface area contributed by atoms with Gasteiger partial charge in [0.15, 0.2) is 9.84 Å². The summed E-state index contributed by atoms with van der Waals surface area (Å²) in [6.45, 7) is 0.219. The molecule has 1 N–H and O–H groups in total. The number of hydrogen-bond acceptors (Lipinski definition) is 6. The van der Waals surface area contributed by atoms with Gasteiger partial charge in [-0.25, -0.2) is 22.2 Å². The zero-order chi connectivity index (χ0) is 28.3. The van der Waals surface area contributed by atoms with E-state index in [4.69, 9.17) is 0 Å². The molecule has 4 heterocycles. The molecule has 0 aliphatic carbocycles. The van der Waals surface area contributed by atoms with Crippen molar-refractivity contribution in [3.05, 3.63) is 113 Å². The first-order chi connectivity index (χ1) is 19.2. The number of fused-ring (bicyclic) bond motifs is 1. The van der Waals surface area contributed by atoms with Crippen LogP contribution in [0.5, 0.6) is 0 Å². The summed E-state index contributed by atoms with van der Waals surface area (Å²) in [5.41, 5.74) is 1.92. The van der Waals surface area contributed by atoms with E-state index in [0.29, 0.717) is 5.69 Å². The second kappa shape index (κ2) is 11.1. The van der Waals surface area contributed by atoms with Crippen LogP contribution in [0, 0.1) is 11.8 Å². The third kappa shape index (κ3) is 6.05. The molecule has 0 saturated carbocycles. The van der Waals surface area contributed by atoms with Crippen LogP contribution < -0.4 is 5.32 Å². The Kier molecular flexibility index (Phi) is 7.39. The lowest BCUT2D eigenvalue weighted by Gasteiger charge is -2.10. The number of amides is 1. The van der Waals surface area contributed by atoms with Crippen molar-refractivity contribution in [2.75, 3.05) is 0 Å². The third-order valence-electron chi connectivity index (χ3n) is 5.95. The van der Waals surface area contributed by atoms with Crippen molar-refractivity contribution in [2.24, 2.45) is 7.05 Å². The van der Waals surface area contributed by atoms with Crippen LogP contribution in [0.2, 0.25) is 0 Å². The molecule has 1 amide bonds. The summed E-state index contributed by atoms with van der Waals surface area (Å²) in [6, 6.07) is 12.0. The van der Waals surface area contributed by atoms with Crippen molar-refractivity contribution in [3.8, 4) is 11.8 Å². The van der Waals surface area contributed by atoms with Crippen LogP contribution in [0.1, 0.15) is 44.9 Å². The lowest BCUT2D eigenvalue weighted by molar-refractivity contribution is 0.0950. The molecule has 0 spiro atoms. The molecule has 5 rings (SSSR count). The van der Waals surface area contributed by atoms with E-state index in [1.165, 1.54) is 35.1 Å². The molecule has 1 aromatic carbocycles. The van der Waals surface area contributed by atoms with Gasteiger partial charge in [-0.3, -0.25) is 14.5 Å². The van der Waals surface area contributed by atoms with Gasteiger partial charge >= 0.3 is 0 Å². The highest BCUT2D eigenvalue weighted by molar-refractivity contribution is 7.90. The number of nitrogens with zero attached hydrogens (tertiary/aromatic N) is 5. The quantitative estimate of drug-likeness (QED) is 0.304. The maximum atomic E-state index is 13.3. The molecule has 0 unspecified atom stereocenters. The highest BCUT2D eigenvalue weighted by atomic mass is 32.2. The van der Waals surface area contributed by atoms with Crippen LogP contribution in [0.4, 0.5) is 8.78 Å². The van der Waals surface area contributed by atoms with Gasteiger partial charge in [-0.15, -0.1) is 0 Å². The number of imidazole rings is 1. The third-order valence-corrected chi connectivity index (χ3v) is 7.65. The van der Waals surface area contributed by atoms with E-state index in [1.807, 2.05) is 28.9 Å². The number of carbonyl (C=O) groups excluding carboxylic acids is 1. The lowest BCUT2D eigenvalue weighted by atomic mass is 10.1. The Balaban J connectivity index is 1.46. The maximum absolute atomic E-state index is 13.3. The van der Waals surface area contributed by atoms with Gasteiger partial charge in [-0.05, 0) is 54.1 Å². The number of aromatic nitrogens is 5. The van der Waals surface area contributed by atoms with Gasteiger partial charge in [0.25, 0.3) is 12.3 Å². The van der Waals surface area contributed by atoms with Crippen molar-refractivity contribution >= 4 is 21.4 Å². The monoisotopic (exact) mass is 560 g/mol. The van der Waals surface area contributed by atoms with E-state index < -0.39 is 27.9 Å². The summed E-state index contributed by atoms with van der Waals surface area (Å²) < 4.78 is 56.2. The number of sulfone groups is 1. The number of hydrogen-bond donors (Lipinski definition) is 1. The molecule has 0 aliphatic rings. The summed E-state index contributed by atoms with van der Waals surface area (Å²) in [5, 5.41) is 6.95. The van der Waals surface area contributed by atoms with Gasteiger partial charge in [0, 0.05) is 61.3 Å². The van der Waals surface area contributed by atoms with Crippen molar-refractivity contribution in [1.29, 1.82) is 0 Å². The predicted octanol–water partition coefficient (Wildman–Crippen LogP) is 3.70. The molecule has 0 saturated heterocycles. The van der Waals surface area contributed by atoms with Crippen LogP contribution in [0.15, 0.2) is 84.4 Å². The summed E-state index contributed by atoms with van der Waals surface area (Å²) in [7, 11) is -2.24. The average Bonchev–Trinajstić information content (AvgIpc) is 3.58. The summed E-state index contributed by atoms with van der Waals surface area (Å²) in [6.07, 6.45) is 5.37. The minimum absolute atomic E-state index is 0.0535. The van der Waals surface area contributed by atoms with Crippen molar-refractivity contribution in [2.45, 2.75) is 23.6 Å². The van der Waals surface area contributed by atoms with Crippen LogP contribution in [-0.4, -0.2) is 38.5 Å². The first-order valence-electron chi connectivity index (χ1n) is 12.0. The molecule has 4 aromatic heterocycles.